The Morgan fingerprint density at radius 2 is 2.05 bits per heavy atom. The van der Waals surface area contributed by atoms with E-state index in [0.717, 1.165) is 10.9 Å². The maximum atomic E-state index is 12.0. The minimum atomic E-state index is -0.258. The van der Waals surface area contributed by atoms with E-state index < -0.39 is 0 Å². The average molecular weight is 343 g/mol. The fourth-order valence-corrected chi connectivity index (χ4v) is 1.88. The molecule has 0 fully saturated rings. The molecule has 0 bridgehead atoms. The number of hydrogen-bond donors (Lipinski definition) is 3. The summed E-state index contributed by atoms with van der Waals surface area (Å²) in [7, 11) is 1.70. The molecule has 0 spiro atoms. The fraction of sp³-hybridized carbons (Fsp3) is 0.462. The Kier molecular flexibility index (Phi) is 7.00. The lowest BCUT2D eigenvalue weighted by molar-refractivity contribution is -0.120. The standard InChI is InChI=1S/C13H19BrN4O2/c1-3-5-16-11(19)4-6-17-13(20)10-7-9(14)8-18-12(10)15-2/h7-8H,3-6H2,1-2H3,(H,15,18)(H,16,19)(H,17,20). The summed E-state index contributed by atoms with van der Waals surface area (Å²) in [4.78, 5) is 27.5. The van der Waals surface area contributed by atoms with Gasteiger partial charge in [-0.2, -0.15) is 0 Å². The van der Waals surface area contributed by atoms with Crippen LogP contribution >= 0.6 is 15.9 Å². The second-order valence-electron chi connectivity index (χ2n) is 4.16. The van der Waals surface area contributed by atoms with Gasteiger partial charge < -0.3 is 16.0 Å². The van der Waals surface area contributed by atoms with E-state index in [1.807, 2.05) is 6.92 Å². The first-order valence-corrected chi connectivity index (χ1v) is 7.26. The number of carbonyl (C=O) groups is 2. The predicted molar refractivity (Wildman–Crippen MR) is 81.7 cm³/mol. The van der Waals surface area contributed by atoms with Crippen LogP contribution in [0.4, 0.5) is 5.82 Å². The molecule has 0 unspecified atom stereocenters. The van der Waals surface area contributed by atoms with E-state index in [1.54, 1.807) is 19.3 Å². The lowest BCUT2D eigenvalue weighted by Gasteiger charge is -2.09. The topological polar surface area (TPSA) is 83.1 Å². The molecule has 0 saturated heterocycles. The second kappa shape index (κ2) is 8.52. The molecule has 1 rings (SSSR count). The van der Waals surface area contributed by atoms with Crippen molar-refractivity contribution in [1.82, 2.24) is 15.6 Å². The number of rotatable bonds is 7. The number of nitrogens with one attached hydrogen (secondary N) is 3. The van der Waals surface area contributed by atoms with Gasteiger partial charge in [0.2, 0.25) is 5.91 Å². The Balaban J connectivity index is 2.51. The Labute approximate surface area is 126 Å². The number of anilines is 1. The molecule has 6 nitrogen and oxygen atoms in total. The summed E-state index contributed by atoms with van der Waals surface area (Å²) in [5, 5.41) is 8.32. The van der Waals surface area contributed by atoms with Crippen LogP contribution in [0.5, 0.6) is 0 Å². The van der Waals surface area contributed by atoms with E-state index in [2.05, 4.69) is 36.9 Å². The van der Waals surface area contributed by atoms with Crippen LogP contribution in [-0.2, 0) is 4.79 Å². The van der Waals surface area contributed by atoms with E-state index in [1.165, 1.54) is 0 Å². The molecule has 0 saturated carbocycles. The van der Waals surface area contributed by atoms with Gasteiger partial charge in [-0.05, 0) is 28.4 Å². The first-order valence-electron chi connectivity index (χ1n) is 6.46. The van der Waals surface area contributed by atoms with Crippen molar-refractivity contribution in [1.29, 1.82) is 0 Å². The summed E-state index contributed by atoms with van der Waals surface area (Å²) >= 11 is 3.28. The van der Waals surface area contributed by atoms with Gasteiger partial charge in [0.05, 0.1) is 5.56 Å². The van der Waals surface area contributed by atoms with Crippen LogP contribution in [-0.4, -0.2) is 36.9 Å². The SMILES string of the molecule is CCCNC(=O)CCNC(=O)c1cc(Br)cnc1NC. The number of aromatic nitrogens is 1. The smallest absolute Gasteiger partial charge is 0.255 e. The quantitative estimate of drug-likeness (QED) is 0.701. The summed E-state index contributed by atoms with van der Waals surface area (Å²) in [5.74, 6) is 0.181. The van der Waals surface area contributed by atoms with Crippen LogP contribution in [0.25, 0.3) is 0 Å². The molecule has 3 N–H and O–H groups in total. The van der Waals surface area contributed by atoms with Crippen molar-refractivity contribution in [3.05, 3.63) is 22.3 Å². The summed E-state index contributed by atoms with van der Waals surface area (Å²) < 4.78 is 0.724. The van der Waals surface area contributed by atoms with Crippen LogP contribution in [0.3, 0.4) is 0 Å². The van der Waals surface area contributed by atoms with Gasteiger partial charge in [-0.15, -0.1) is 0 Å². The van der Waals surface area contributed by atoms with Crippen molar-refractivity contribution in [2.45, 2.75) is 19.8 Å². The number of halogens is 1. The summed E-state index contributed by atoms with van der Waals surface area (Å²) in [6.45, 7) is 2.94. The zero-order valence-electron chi connectivity index (χ0n) is 11.6. The molecule has 0 atom stereocenters. The second-order valence-corrected chi connectivity index (χ2v) is 5.07. The molecule has 1 aromatic heterocycles. The van der Waals surface area contributed by atoms with Gasteiger partial charge in [0.1, 0.15) is 5.82 Å². The van der Waals surface area contributed by atoms with Crippen molar-refractivity contribution in [3.63, 3.8) is 0 Å². The molecule has 20 heavy (non-hydrogen) atoms. The molecule has 2 amide bonds. The molecule has 0 aliphatic carbocycles. The van der Waals surface area contributed by atoms with Gasteiger partial charge in [0.15, 0.2) is 0 Å². The molecule has 0 radical (unpaired) electrons. The fourth-order valence-electron chi connectivity index (χ4n) is 1.55. The van der Waals surface area contributed by atoms with Crippen molar-refractivity contribution in [2.75, 3.05) is 25.5 Å². The molecule has 1 aromatic rings. The molecule has 0 aromatic carbocycles. The summed E-state index contributed by atoms with van der Waals surface area (Å²) in [6, 6.07) is 1.69. The van der Waals surface area contributed by atoms with Crippen molar-refractivity contribution >= 4 is 33.6 Å². The Morgan fingerprint density at radius 3 is 2.70 bits per heavy atom. The van der Waals surface area contributed by atoms with E-state index in [0.29, 0.717) is 24.5 Å². The summed E-state index contributed by atoms with van der Waals surface area (Å²) in [5.41, 5.74) is 0.441. The van der Waals surface area contributed by atoms with Gasteiger partial charge in [-0.25, -0.2) is 4.98 Å². The minimum absolute atomic E-state index is 0.0617. The Hall–Kier alpha value is -1.63. The van der Waals surface area contributed by atoms with Gasteiger partial charge >= 0.3 is 0 Å². The van der Waals surface area contributed by atoms with E-state index in [-0.39, 0.29) is 18.2 Å². The lowest BCUT2D eigenvalue weighted by atomic mass is 10.2. The van der Waals surface area contributed by atoms with Crippen LogP contribution in [0.1, 0.15) is 30.1 Å². The molecule has 1 heterocycles. The molecular weight excluding hydrogens is 324 g/mol. The largest absolute Gasteiger partial charge is 0.372 e. The number of hydrogen-bond acceptors (Lipinski definition) is 4. The maximum absolute atomic E-state index is 12.0. The predicted octanol–water partition coefficient (Wildman–Crippen LogP) is 1.53. The van der Waals surface area contributed by atoms with E-state index in [9.17, 15) is 9.59 Å². The number of pyridine rings is 1. The third-order valence-corrected chi connectivity index (χ3v) is 2.98. The van der Waals surface area contributed by atoms with Gasteiger partial charge in [0, 0.05) is 37.2 Å². The maximum Gasteiger partial charge on any atom is 0.255 e. The highest BCUT2D eigenvalue weighted by Gasteiger charge is 2.12. The highest BCUT2D eigenvalue weighted by Crippen LogP contribution is 2.17. The first kappa shape index (κ1) is 16.4. The monoisotopic (exact) mass is 342 g/mol. The number of nitrogens with zero attached hydrogens (tertiary/aromatic N) is 1. The lowest BCUT2D eigenvalue weighted by Crippen LogP contribution is -2.31. The third kappa shape index (κ3) is 5.16. The third-order valence-electron chi connectivity index (χ3n) is 2.55. The first-order chi connectivity index (χ1) is 9.58. The van der Waals surface area contributed by atoms with Gasteiger partial charge in [-0.3, -0.25) is 9.59 Å². The van der Waals surface area contributed by atoms with Crippen LogP contribution in [0, 0.1) is 0 Å². The van der Waals surface area contributed by atoms with Crippen LogP contribution < -0.4 is 16.0 Å². The van der Waals surface area contributed by atoms with E-state index >= 15 is 0 Å². The number of carbonyl (C=O) groups excluding carboxylic acids is 2. The molecule has 7 heteroatoms. The molecule has 0 aliphatic rings. The highest BCUT2D eigenvalue weighted by atomic mass is 79.9. The minimum Gasteiger partial charge on any atom is -0.372 e. The molecular formula is C13H19BrN4O2. The molecule has 110 valence electrons. The van der Waals surface area contributed by atoms with Crippen molar-refractivity contribution in [3.8, 4) is 0 Å². The Bertz CT molecular complexity index is 479. The zero-order chi connectivity index (χ0) is 15.0. The van der Waals surface area contributed by atoms with Crippen molar-refractivity contribution in [2.24, 2.45) is 0 Å². The van der Waals surface area contributed by atoms with Crippen molar-refractivity contribution < 1.29 is 9.59 Å². The van der Waals surface area contributed by atoms with E-state index in [4.69, 9.17) is 0 Å². The Morgan fingerprint density at radius 1 is 1.30 bits per heavy atom. The summed E-state index contributed by atoms with van der Waals surface area (Å²) in [6.07, 6.45) is 2.77. The van der Waals surface area contributed by atoms with Gasteiger partial charge in [-0.1, -0.05) is 6.92 Å². The average Bonchev–Trinajstić information content (AvgIpc) is 2.44. The van der Waals surface area contributed by atoms with Crippen LogP contribution in [0.15, 0.2) is 16.7 Å². The normalized spacial score (nSPS) is 9.95. The van der Waals surface area contributed by atoms with Crippen LogP contribution in [0.2, 0.25) is 0 Å². The molecule has 0 aliphatic heterocycles. The zero-order valence-corrected chi connectivity index (χ0v) is 13.2. The number of amides is 2. The van der Waals surface area contributed by atoms with Gasteiger partial charge in [0.25, 0.3) is 5.91 Å². The highest BCUT2D eigenvalue weighted by molar-refractivity contribution is 9.10.